The molecule has 1 saturated heterocycles. The third kappa shape index (κ3) is 4.75. The van der Waals surface area contributed by atoms with Crippen LogP contribution in [0.2, 0.25) is 5.02 Å². The molecule has 0 unspecified atom stereocenters. The molecule has 5 aromatic rings. The number of aromatic nitrogens is 1. The zero-order valence-corrected chi connectivity index (χ0v) is 21.6. The number of nitrogens with zero attached hydrogens (tertiary/aromatic N) is 2. The highest BCUT2D eigenvalue weighted by molar-refractivity contribution is 6.30. The number of anilines is 1. The lowest BCUT2D eigenvalue weighted by Gasteiger charge is -2.36. The molecule has 0 aliphatic carbocycles. The van der Waals surface area contributed by atoms with Gasteiger partial charge in [0, 0.05) is 54.7 Å². The molecule has 0 amide bonds. The van der Waals surface area contributed by atoms with Crippen LogP contribution in [-0.2, 0) is 6.54 Å². The summed E-state index contributed by atoms with van der Waals surface area (Å²) in [5.74, 6) is -0.192. The van der Waals surface area contributed by atoms with Crippen LogP contribution < -0.4 is 4.90 Å². The maximum Gasteiger partial charge on any atom is 0.123 e. The number of aromatic amines is 1. The van der Waals surface area contributed by atoms with E-state index in [1.807, 2.05) is 24.3 Å². The summed E-state index contributed by atoms with van der Waals surface area (Å²) < 4.78 is 13.4. The zero-order valence-electron chi connectivity index (χ0n) is 20.8. The largest absolute Gasteiger partial charge is 0.369 e. The minimum atomic E-state index is -0.192. The number of piperazine rings is 1. The molecule has 1 aliphatic heterocycles. The molecule has 186 valence electrons. The quantitative estimate of drug-likeness (QED) is 0.260. The highest BCUT2D eigenvalue weighted by Gasteiger charge is 2.24. The summed E-state index contributed by atoms with van der Waals surface area (Å²) in [6, 6.07) is 30.1. The highest BCUT2D eigenvalue weighted by Crippen LogP contribution is 2.41. The number of fused-ring (bicyclic) bond motifs is 1. The topological polar surface area (TPSA) is 22.3 Å². The first kappa shape index (κ1) is 23.8. The van der Waals surface area contributed by atoms with Crippen LogP contribution in [0.3, 0.4) is 0 Å². The molecule has 5 heteroatoms. The Bertz CT molecular complexity index is 1530. The lowest BCUT2D eigenvalue weighted by atomic mass is 9.92. The van der Waals surface area contributed by atoms with E-state index in [4.69, 9.17) is 11.6 Å². The molecule has 4 aromatic carbocycles. The first-order valence-corrected chi connectivity index (χ1v) is 13.1. The Hall–Kier alpha value is -3.60. The van der Waals surface area contributed by atoms with Crippen LogP contribution in [0.1, 0.15) is 11.3 Å². The van der Waals surface area contributed by atoms with Crippen molar-refractivity contribution in [3.05, 3.63) is 113 Å². The second-order valence-electron chi connectivity index (χ2n) is 9.75. The van der Waals surface area contributed by atoms with Crippen molar-refractivity contribution in [2.75, 3.05) is 31.1 Å². The van der Waals surface area contributed by atoms with Crippen LogP contribution in [0, 0.1) is 12.7 Å². The Labute approximate surface area is 222 Å². The van der Waals surface area contributed by atoms with Crippen molar-refractivity contribution < 1.29 is 4.39 Å². The molecule has 0 radical (unpaired) electrons. The highest BCUT2D eigenvalue weighted by atomic mass is 35.5. The molecule has 0 atom stereocenters. The molecular weight excluding hydrogens is 481 g/mol. The summed E-state index contributed by atoms with van der Waals surface area (Å²) >= 11 is 6.22. The van der Waals surface area contributed by atoms with Crippen LogP contribution in [0.4, 0.5) is 10.1 Å². The summed E-state index contributed by atoms with van der Waals surface area (Å²) in [5, 5.41) is 3.22. The molecule has 2 heterocycles. The average Bonchev–Trinajstić information content (AvgIpc) is 3.25. The standard InChI is InChI=1S/C32H29ClFN3/c1-22-30(21-36-17-19-37(20-18-36)27-15-13-26(34)14-16-27)31(32(35-22)24-9-11-25(33)12-10-24)29-8-4-6-23-5-2-3-7-28(23)29/h2-16,35H,17-21H2,1H3. The molecule has 1 N–H and O–H groups in total. The Morgan fingerprint density at radius 2 is 1.51 bits per heavy atom. The number of benzene rings is 4. The van der Waals surface area contributed by atoms with Crippen LogP contribution in [-0.4, -0.2) is 36.1 Å². The SMILES string of the molecule is Cc1[nH]c(-c2ccc(Cl)cc2)c(-c2cccc3ccccc23)c1CN1CCN(c2ccc(F)cc2)CC1. The molecule has 1 aromatic heterocycles. The van der Waals surface area contributed by atoms with Gasteiger partial charge in [0.1, 0.15) is 5.82 Å². The molecule has 1 aliphatic rings. The fourth-order valence-electron chi connectivity index (χ4n) is 5.47. The molecule has 37 heavy (non-hydrogen) atoms. The lowest BCUT2D eigenvalue weighted by molar-refractivity contribution is 0.250. The van der Waals surface area contributed by atoms with Crippen LogP contribution in [0.15, 0.2) is 91.0 Å². The van der Waals surface area contributed by atoms with Gasteiger partial charge >= 0.3 is 0 Å². The third-order valence-corrected chi connectivity index (χ3v) is 7.71. The van der Waals surface area contributed by atoms with Gasteiger partial charge in [0.15, 0.2) is 0 Å². The predicted molar refractivity (Wildman–Crippen MR) is 153 cm³/mol. The fraction of sp³-hybridized carbons (Fsp3) is 0.188. The van der Waals surface area contributed by atoms with Gasteiger partial charge in [-0.25, -0.2) is 4.39 Å². The van der Waals surface area contributed by atoms with Gasteiger partial charge in [0.05, 0.1) is 5.69 Å². The Kier molecular flexibility index (Phi) is 6.45. The Morgan fingerprint density at radius 3 is 2.27 bits per heavy atom. The van der Waals surface area contributed by atoms with Crippen molar-refractivity contribution in [3.8, 4) is 22.4 Å². The third-order valence-electron chi connectivity index (χ3n) is 7.45. The number of hydrogen-bond donors (Lipinski definition) is 1. The van der Waals surface area contributed by atoms with E-state index in [-0.39, 0.29) is 5.82 Å². The van der Waals surface area contributed by atoms with Gasteiger partial charge in [-0.05, 0) is 70.8 Å². The number of nitrogens with one attached hydrogen (secondary N) is 1. The summed E-state index contributed by atoms with van der Waals surface area (Å²) in [6.45, 7) is 6.79. The zero-order chi connectivity index (χ0) is 25.4. The molecule has 1 fully saturated rings. The van der Waals surface area contributed by atoms with E-state index in [0.717, 1.165) is 54.7 Å². The van der Waals surface area contributed by atoms with Gasteiger partial charge in [-0.3, -0.25) is 4.90 Å². The minimum Gasteiger partial charge on any atom is -0.369 e. The van der Waals surface area contributed by atoms with Crippen molar-refractivity contribution in [3.63, 3.8) is 0 Å². The number of H-pyrrole nitrogens is 1. The monoisotopic (exact) mass is 509 g/mol. The van der Waals surface area contributed by atoms with E-state index in [9.17, 15) is 4.39 Å². The van der Waals surface area contributed by atoms with Gasteiger partial charge in [-0.2, -0.15) is 0 Å². The van der Waals surface area contributed by atoms with E-state index in [2.05, 4.69) is 76.3 Å². The summed E-state index contributed by atoms with van der Waals surface area (Å²) in [4.78, 5) is 8.59. The second kappa shape index (κ2) is 10.0. The first-order chi connectivity index (χ1) is 18.1. The lowest BCUT2D eigenvalue weighted by Crippen LogP contribution is -2.46. The molecule has 0 saturated carbocycles. The summed E-state index contributed by atoms with van der Waals surface area (Å²) in [7, 11) is 0. The van der Waals surface area contributed by atoms with E-state index >= 15 is 0 Å². The van der Waals surface area contributed by atoms with Crippen LogP contribution in [0.25, 0.3) is 33.2 Å². The molecule has 6 rings (SSSR count). The van der Waals surface area contributed by atoms with Gasteiger partial charge < -0.3 is 9.88 Å². The van der Waals surface area contributed by atoms with Gasteiger partial charge in [-0.15, -0.1) is 0 Å². The summed E-state index contributed by atoms with van der Waals surface area (Å²) in [6.07, 6.45) is 0. The first-order valence-electron chi connectivity index (χ1n) is 12.8. The van der Waals surface area contributed by atoms with E-state index in [1.54, 1.807) is 12.1 Å². The Morgan fingerprint density at radius 1 is 0.811 bits per heavy atom. The number of halogens is 2. The maximum absolute atomic E-state index is 13.4. The van der Waals surface area contributed by atoms with Crippen LogP contribution >= 0.6 is 11.6 Å². The van der Waals surface area contributed by atoms with Crippen LogP contribution in [0.5, 0.6) is 0 Å². The average molecular weight is 510 g/mol. The molecule has 0 spiro atoms. The Balaban J connectivity index is 1.36. The van der Waals surface area contributed by atoms with Gasteiger partial charge in [-0.1, -0.05) is 66.2 Å². The van der Waals surface area contributed by atoms with Gasteiger partial charge in [0.2, 0.25) is 0 Å². The molecule has 3 nitrogen and oxygen atoms in total. The van der Waals surface area contributed by atoms with Crippen molar-refractivity contribution in [2.45, 2.75) is 13.5 Å². The van der Waals surface area contributed by atoms with E-state index in [1.165, 1.54) is 33.2 Å². The second-order valence-corrected chi connectivity index (χ2v) is 10.2. The van der Waals surface area contributed by atoms with Crippen molar-refractivity contribution in [1.82, 2.24) is 9.88 Å². The smallest absolute Gasteiger partial charge is 0.123 e. The predicted octanol–water partition coefficient (Wildman–Crippen LogP) is 7.93. The van der Waals surface area contributed by atoms with Crippen molar-refractivity contribution in [1.29, 1.82) is 0 Å². The van der Waals surface area contributed by atoms with Crippen molar-refractivity contribution >= 4 is 28.1 Å². The maximum atomic E-state index is 13.4. The molecular formula is C32H29ClFN3. The number of rotatable bonds is 5. The van der Waals surface area contributed by atoms with E-state index < -0.39 is 0 Å². The summed E-state index contributed by atoms with van der Waals surface area (Å²) in [5.41, 5.74) is 8.36. The number of hydrogen-bond acceptors (Lipinski definition) is 2. The normalized spacial score (nSPS) is 14.4. The molecule has 0 bridgehead atoms. The minimum absolute atomic E-state index is 0.192. The van der Waals surface area contributed by atoms with Crippen molar-refractivity contribution in [2.24, 2.45) is 0 Å². The van der Waals surface area contributed by atoms with E-state index in [0.29, 0.717) is 0 Å². The fourth-order valence-corrected chi connectivity index (χ4v) is 5.60. The number of aryl methyl sites for hydroxylation is 1. The van der Waals surface area contributed by atoms with Gasteiger partial charge in [0.25, 0.3) is 0 Å².